The zero-order valence-electron chi connectivity index (χ0n) is 18.3. The maximum absolute atomic E-state index is 13.2. The molecule has 4 rings (SSSR count). The number of rotatable bonds is 4. The van der Waals surface area contributed by atoms with E-state index in [2.05, 4.69) is 68.7 Å². The van der Waals surface area contributed by atoms with Gasteiger partial charge in [-0.3, -0.25) is 4.79 Å². The standard InChI is InChI=1S/C26H30N2OS/c1-16-8-7-11-21(17(16)2)28-25(30)24-22(14-26(3,4)15-23(24)29)27-20-12-18-9-5-6-10-19(18)13-20/h5-11,20,27H,12-15H2,1-4H3,(H,28,30). The minimum atomic E-state index is -0.0662. The van der Waals surface area contributed by atoms with Crippen molar-refractivity contribution in [3.05, 3.63) is 76.0 Å². The maximum Gasteiger partial charge on any atom is 0.168 e. The topological polar surface area (TPSA) is 41.1 Å². The number of benzene rings is 2. The van der Waals surface area contributed by atoms with Crippen LogP contribution in [0.2, 0.25) is 0 Å². The van der Waals surface area contributed by atoms with Crippen LogP contribution in [0.1, 0.15) is 48.9 Å². The number of nitrogens with one attached hydrogen (secondary N) is 2. The zero-order chi connectivity index (χ0) is 21.5. The van der Waals surface area contributed by atoms with Crippen LogP contribution < -0.4 is 10.6 Å². The van der Waals surface area contributed by atoms with Crippen molar-refractivity contribution < 1.29 is 4.79 Å². The Kier molecular flexibility index (Phi) is 5.54. The maximum atomic E-state index is 13.2. The second kappa shape index (κ2) is 7.99. The number of carbonyl (C=O) groups excluding carboxylic acids is 1. The predicted octanol–water partition coefficient (Wildman–Crippen LogP) is 5.44. The van der Waals surface area contributed by atoms with Gasteiger partial charge < -0.3 is 10.6 Å². The molecule has 2 aliphatic rings. The minimum absolute atomic E-state index is 0.0662. The van der Waals surface area contributed by atoms with Crippen molar-refractivity contribution in [2.24, 2.45) is 5.41 Å². The molecule has 0 saturated carbocycles. The summed E-state index contributed by atoms with van der Waals surface area (Å²) in [4.78, 5) is 13.7. The summed E-state index contributed by atoms with van der Waals surface area (Å²) in [6.45, 7) is 8.49. The Morgan fingerprint density at radius 1 is 1.00 bits per heavy atom. The quantitative estimate of drug-likeness (QED) is 0.649. The molecule has 2 aromatic carbocycles. The highest BCUT2D eigenvalue weighted by molar-refractivity contribution is 7.81. The zero-order valence-corrected chi connectivity index (χ0v) is 19.1. The Morgan fingerprint density at radius 2 is 1.67 bits per heavy atom. The second-order valence-corrected chi connectivity index (χ2v) is 9.92. The summed E-state index contributed by atoms with van der Waals surface area (Å²) in [7, 11) is 0. The van der Waals surface area contributed by atoms with Gasteiger partial charge >= 0.3 is 0 Å². The molecule has 0 spiro atoms. The molecule has 0 saturated heterocycles. The number of allylic oxidation sites excluding steroid dienone is 1. The van der Waals surface area contributed by atoms with E-state index in [1.54, 1.807) is 0 Å². The van der Waals surface area contributed by atoms with E-state index in [1.165, 1.54) is 16.7 Å². The molecule has 156 valence electrons. The van der Waals surface area contributed by atoms with Crippen molar-refractivity contribution in [2.45, 2.75) is 59.4 Å². The summed E-state index contributed by atoms with van der Waals surface area (Å²) in [5.74, 6) is 0.132. The third-order valence-electron chi connectivity index (χ3n) is 6.38. The van der Waals surface area contributed by atoms with Gasteiger partial charge in [0.05, 0.1) is 5.57 Å². The van der Waals surface area contributed by atoms with E-state index in [4.69, 9.17) is 12.2 Å². The summed E-state index contributed by atoms with van der Waals surface area (Å²) in [6.07, 6.45) is 3.32. The fourth-order valence-electron chi connectivity index (χ4n) is 4.69. The van der Waals surface area contributed by atoms with E-state index in [0.717, 1.165) is 36.2 Å². The smallest absolute Gasteiger partial charge is 0.168 e. The monoisotopic (exact) mass is 418 g/mol. The lowest BCUT2D eigenvalue weighted by Gasteiger charge is -2.34. The number of Topliss-reactive ketones (excluding diaryl/α,β-unsaturated/α-hetero) is 1. The molecule has 2 aromatic rings. The van der Waals surface area contributed by atoms with Gasteiger partial charge in [0.15, 0.2) is 5.78 Å². The summed E-state index contributed by atoms with van der Waals surface area (Å²) < 4.78 is 0. The Labute approximate surface area is 185 Å². The Hall–Kier alpha value is -2.46. The second-order valence-electron chi connectivity index (χ2n) is 9.51. The van der Waals surface area contributed by atoms with Crippen LogP contribution in [0.15, 0.2) is 53.7 Å². The van der Waals surface area contributed by atoms with Crippen LogP contribution in [0.5, 0.6) is 0 Å². The molecular formula is C26H30N2OS. The first-order valence-electron chi connectivity index (χ1n) is 10.7. The number of carbonyl (C=O) groups is 1. The fraction of sp³-hybridized carbons (Fsp3) is 0.385. The molecule has 0 amide bonds. The molecule has 0 atom stereocenters. The molecule has 0 aromatic heterocycles. The highest BCUT2D eigenvalue weighted by Gasteiger charge is 2.36. The Bertz CT molecular complexity index is 1030. The Morgan fingerprint density at radius 3 is 2.33 bits per heavy atom. The lowest BCUT2D eigenvalue weighted by atomic mass is 9.75. The van der Waals surface area contributed by atoms with E-state index in [-0.39, 0.29) is 11.2 Å². The van der Waals surface area contributed by atoms with Crippen LogP contribution in [0.4, 0.5) is 5.69 Å². The molecule has 3 nitrogen and oxygen atoms in total. The first-order chi connectivity index (χ1) is 14.2. The predicted molar refractivity (Wildman–Crippen MR) is 128 cm³/mol. The first-order valence-corrected chi connectivity index (χ1v) is 11.1. The third kappa shape index (κ3) is 4.20. The summed E-state index contributed by atoms with van der Waals surface area (Å²) >= 11 is 5.77. The van der Waals surface area contributed by atoms with Gasteiger partial charge in [-0.15, -0.1) is 0 Å². The molecular weight excluding hydrogens is 388 g/mol. The van der Waals surface area contributed by atoms with Crippen molar-refractivity contribution in [3.63, 3.8) is 0 Å². The van der Waals surface area contributed by atoms with Gasteiger partial charge in [-0.25, -0.2) is 0 Å². The van der Waals surface area contributed by atoms with Crippen LogP contribution in [0.25, 0.3) is 0 Å². The largest absolute Gasteiger partial charge is 0.384 e. The molecule has 0 radical (unpaired) electrons. The van der Waals surface area contributed by atoms with Gasteiger partial charge in [-0.05, 0) is 66.8 Å². The highest BCUT2D eigenvalue weighted by Crippen LogP contribution is 2.37. The van der Waals surface area contributed by atoms with Crippen LogP contribution in [-0.4, -0.2) is 16.8 Å². The minimum Gasteiger partial charge on any atom is -0.384 e. The van der Waals surface area contributed by atoms with Crippen LogP contribution in [0, 0.1) is 19.3 Å². The van der Waals surface area contributed by atoms with Gasteiger partial charge in [-0.1, -0.05) is 62.5 Å². The van der Waals surface area contributed by atoms with Crippen LogP contribution >= 0.6 is 12.2 Å². The number of hydrogen-bond donors (Lipinski definition) is 2. The van der Waals surface area contributed by atoms with Gasteiger partial charge in [0, 0.05) is 23.8 Å². The number of hydrogen-bond acceptors (Lipinski definition) is 3. The van der Waals surface area contributed by atoms with Crippen molar-refractivity contribution in [2.75, 3.05) is 5.32 Å². The summed E-state index contributed by atoms with van der Waals surface area (Å²) in [5.41, 5.74) is 7.73. The normalized spacial score (nSPS) is 18.3. The summed E-state index contributed by atoms with van der Waals surface area (Å²) in [6, 6.07) is 15.0. The number of thiocarbonyl (C=S) groups is 1. The SMILES string of the molecule is Cc1cccc(NC(=S)C2=C(NC3Cc4ccccc4C3)CC(C)(C)CC2=O)c1C. The van der Waals surface area contributed by atoms with Gasteiger partial charge in [0.25, 0.3) is 0 Å². The molecule has 2 N–H and O–H groups in total. The van der Waals surface area contributed by atoms with Gasteiger partial charge in [0.2, 0.25) is 0 Å². The van der Waals surface area contributed by atoms with E-state index in [9.17, 15) is 4.79 Å². The highest BCUT2D eigenvalue weighted by atomic mass is 32.1. The van der Waals surface area contributed by atoms with Crippen LogP contribution in [0.3, 0.4) is 0 Å². The molecule has 0 unspecified atom stereocenters. The van der Waals surface area contributed by atoms with E-state index >= 15 is 0 Å². The Balaban J connectivity index is 1.62. The molecule has 30 heavy (non-hydrogen) atoms. The lowest BCUT2D eigenvalue weighted by Crippen LogP contribution is -2.39. The molecule has 4 heteroatoms. The number of ketones is 1. The van der Waals surface area contributed by atoms with Crippen molar-refractivity contribution in [3.8, 4) is 0 Å². The van der Waals surface area contributed by atoms with Crippen molar-refractivity contribution >= 4 is 28.7 Å². The average Bonchev–Trinajstić information content (AvgIpc) is 3.06. The third-order valence-corrected chi connectivity index (χ3v) is 6.69. The molecule has 2 aliphatic carbocycles. The number of fused-ring (bicyclic) bond motifs is 1. The number of anilines is 1. The van der Waals surface area contributed by atoms with Gasteiger partial charge in [0.1, 0.15) is 4.99 Å². The molecule has 0 bridgehead atoms. The van der Waals surface area contributed by atoms with Crippen LogP contribution in [-0.2, 0) is 17.6 Å². The van der Waals surface area contributed by atoms with E-state index in [1.807, 2.05) is 12.1 Å². The number of aryl methyl sites for hydroxylation is 1. The molecule has 0 fully saturated rings. The molecule has 0 aliphatic heterocycles. The average molecular weight is 419 g/mol. The van der Waals surface area contributed by atoms with Crippen molar-refractivity contribution in [1.29, 1.82) is 0 Å². The van der Waals surface area contributed by atoms with Gasteiger partial charge in [-0.2, -0.15) is 0 Å². The van der Waals surface area contributed by atoms with E-state index < -0.39 is 0 Å². The van der Waals surface area contributed by atoms with Crippen molar-refractivity contribution in [1.82, 2.24) is 5.32 Å². The lowest BCUT2D eigenvalue weighted by molar-refractivity contribution is -0.117. The first kappa shape index (κ1) is 20.8. The summed E-state index contributed by atoms with van der Waals surface area (Å²) in [5, 5.41) is 7.09. The molecule has 0 heterocycles. The fourth-order valence-corrected chi connectivity index (χ4v) is 5.03. The van der Waals surface area contributed by atoms with E-state index in [0.29, 0.717) is 23.0 Å².